The van der Waals surface area contributed by atoms with Crippen molar-refractivity contribution in [3.8, 4) is 0 Å². The van der Waals surface area contributed by atoms with Gasteiger partial charge < -0.3 is 10.1 Å². The van der Waals surface area contributed by atoms with Gasteiger partial charge in [0.1, 0.15) is 0 Å². The number of ether oxygens (including phenoxy) is 1. The zero-order valence-electron chi connectivity index (χ0n) is 25.5. The van der Waals surface area contributed by atoms with E-state index >= 15 is 0 Å². The van der Waals surface area contributed by atoms with Crippen LogP contribution < -0.4 is 18.9 Å². The molecule has 1 fully saturated rings. The van der Waals surface area contributed by atoms with E-state index in [0.29, 0.717) is 23.7 Å². The van der Waals surface area contributed by atoms with E-state index in [-0.39, 0.29) is 18.9 Å². The Balaban J connectivity index is 0.00000102. The van der Waals surface area contributed by atoms with Crippen LogP contribution in [0.4, 0.5) is 11.4 Å². The van der Waals surface area contributed by atoms with Crippen molar-refractivity contribution in [2.24, 2.45) is 4.99 Å². The predicted octanol–water partition coefficient (Wildman–Crippen LogP) is 7.68. The molecule has 2 aromatic rings. The molecule has 0 aromatic heterocycles. The normalized spacial score (nSPS) is 14.2. The van der Waals surface area contributed by atoms with Gasteiger partial charge in [-0.3, -0.25) is 4.99 Å². The number of para-hydroxylation sites is 2. The Hall–Kier alpha value is -1.79. The molecule has 1 aliphatic rings. The van der Waals surface area contributed by atoms with Gasteiger partial charge in [-0.05, 0) is 54.6 Å². The predicted molar refractivity (Wildman–Crippen MR) is 159 cm³/mol. The number of hydrogen-bond acceptors (Lipinski definition) is 2. The summed E-state index contributed by atoms with van der Waals surface area (Å²) < 4.78 is 4.94. The molecule has 2 aromatic carbocycles. The topological polar surface area (TPSA) is 35.7 Å². The molecule has 0 saturated carbocycles. The molecule has 0 bridgehead atoms. The minimum atomic E-state index is 0. The molecule has 0 aliphatic carbocycles. The number of aliphatic imine (C=N–C) groups is 1. The SMILES string of the molecule is C1CCOC1.CC(/C=C(/C)[N-]c1c(C(C)C)cccc1C(C)C)=Nc1c(C(C)C)cccc1C(C)C.[Li+]. The van der Waals surface area contributed by atoms with E-state index in [0.717, 1.165) is 36.0 Å². The fourth-order valence-corrected chi connectivity index (χ4v) is 4.51. The maximum absolute atomic E-state index is 5.08. The second kappa shape index (κ2) is 16.2. The van der Waals surface area contributed by atoms with E-state index in [4.69, 9.17) is 15.0 Å². The average molecular weight is 497 g/mol. The first kappa shape index (κ1) is 33.2. The fraction of sp³-hybridized carbons (Fsp3) is 0.545. The largest absolute Gasteiger partial charge is 1.00 e. The minimum absolute atomic E-state index is 0. The Kier molecular flexibility index (Phi) is 14.6. The van der Waals surface area contributed by atoms with Gasteiger partial charge in [0.15, 0.2) is 0 Å². The van der Waals surface area contributed by atoms with Crippen molar-refractivity contribution < 1.29 is 23.6 Å². The molecule has 4 heteroatoms. The van der Waals surface area contributed by atoms with Gasteiger partial charge in [0, 0.05) is 18.9 Å². The zero-order valence-corrected chi connectivity index (χ0v) is 25.5. The summed E-state index contributed by atoms with van der Waals surface area (Å²) in [6.07, 6.45) is 4.67. The first-order valence-corrected chi connectivity index (χ1v) is 13.8. The van der Waals surface area contributed by atoms with Crippen LogP contribution in [0.1, 0.15) is 128 Å². The summed E-state index contributed by atoms with van der Waals surface area (Å²) >= 11 is 0. The van der Waals surface area contributed by atoms with E-state index in [9.17, 15) is 0 Å². The number of rotatable bonds is 8. The van der Waals surface area contributed by atoms with Gasteiger partial charge in [-0.2, -0.15) is 5.70 Å². The van der Waals surface area contributed by atoms with E-state index in [1.54, 1.807) is 0 Å². The smallest absolute Gasteiger partial charge is 0.661 e. The summed E-state index contributed by atoms with van der Waals surface area (Å²) in [4.78, 5) is 5.08. The number of allylic oxidation sites excluding steroid dienone is 2. The molecule has 3 nitrogen and oxygen atoms in total. The summed E-state index contributed by atoms with van der Waals surface area (Å²) in [7, 11) is 0. The third-order valence-electron chi connectivity index (χ3n) is 6.51. The van der Waals surface area contributed by atoms with Crippen molar-refractivity contribution in [1.29, 1.82) is 0 Å². The van der Waals surface area contributed by atoms with E-state index in [2.05, 4.69) is 112 Å². The summed E-state index contributed by atoms with van der Waals surface area (Å²) in [6.45, 7) is 24.1. The van der Waals surface area contributed by atoms with Gasteiger partial charge in [0.25, 0.3) is 0 Å². The van der Waals surface area contributed by atoms with Crippen molar-refractivity contribution in [2.75, 3.05) is 13.2 Å². The van der Waals surface area contributed by atoms with Gasteiger partial charge in [-0.1, -0.05) is 116 Å². The maximum atomic E-state index is 5.08. The van der Waals surface area contributed by atoms with Gasteiger partial charge in [0.2, 0.25) is 0 Å². The van der Waals surface area contributed by atoms with Gasteiger partial charge in [-0.25, -0.2) is 0 Å². The summed E-state index contributed by atoms with van der Waals surface area (Å²) in [5.41, 5.74) is 9.45. The monoisotopic (exact) mass is 496 g/mol. The minimum Gasteiger partial charge on any atom is -0.661 e. The van der Waals surface area contributed by atoms with Gasteiger partial charge in [-0.15, -0.1) is 5.69 Å². The third kappa shape index (κ3) is 10.1. The first-order chi connectivity index (χ1) is 17.0. The number of nitrogens with zero attached hydrogens (tertiary/aromatic N) is 2. The standard InChI is InChI=1S/C29H41N2.C4H8O.Li/c1-18(2)24-13-11-14-25(19(3)4)28(24)30-22(9)17-23(10)31-29-26(20(5)6)15-12-16-27(29)21(7)8;1-2-4-5-3-1;/h11-21H,1-10H3;1-4H2;/q-1;;+1/b22-17-,31-23?;;. The molecule has 0 atom stereocenters. The Morgan fingerprint density at radius 1 is 0.730 bits per heavy atom. The Labute approximate surface area is 239 Å². The van der Waals surface area contributed by atoms with Crippen molar-refractivity contribution >= 4 is 17.1 Å². The zero-order chi connectivity index (χ0) is 26.8. The molecule has 0 spiro atoms. The molecule has 0 unspecified atom stereocenters. The molecular formula is C33H49LiN2O. The molecule has 3 rings (SSSR count). The van der Waals surface area contributed by atoms with Crippen molar-refractivity contribution in [2.45, 2.75) is 106 Å². The molecule has 0 N–H and O–H groups in total. The third-order valence-corrected chi connectivity index (χ3v) is 6.51. The van der Waals surface area contributed by atoms with E-state index < -0.39 is 0 Å². The van der Waals surface area contributed by atoms with Crippen LogP contribution in [0.5, 0.6) is 0 Å². The Morgan fingerprint density at radius 3 is 1.49 bits per heavy atom. The van der Waals surface area contributed by atoms with Crippen LogP contribution in [0.2, 0.25) is 0 Å². The van der Waals surface area contributed by atoms with Crippen LogP contribution in [0, 0.1) is 0 Å². The first-order valence-electron chi connectivity index (χ1n) is 13.8. The molecule has 1 saturated heterocycles. The van der Waals surface area contributed by atoms with Gasteiger partial charge in [0.05, 0.1) is 5.69 Å². The van der Waals surface area contributed by atoms with E-state index in [1.165, 1.54) is 35.1 Å². The summed E-state index contributed by atoms with van der Waals surface area (Å²) in [5, 5.41) is 5.08. The van der Waals surface area contributed by atoms with Crippen LogP contribution in [0.15, 0.2) is 53.2 Å². The summed E-state index contributed by atoms with van der Waals surface area (Å²) in [6, 6.07) is 13.1. The second-order valence-electron chi connectivity index (χ2n) is 11.2. The van der Waals surface area contributed by atoms with Gasteiger partial charge >= 0.3 is 18.9 Å². The molecule has 0 radical (unpaired) electrons. The molecule has 0 amide bonds. The van der Waals surface area contributed by atoms with Crippen molar-refractivity contribution in [1.82, 2.24) is 0 Å². The van der Waals surface area contributed by atoms with Crippen LogP contribution in [0.25, 0.3) is 5.32 Å². The molecule has 37 heavy (non-hydrogen) atoms. The number of hydrogen-bond donors (Lipinski definition) is 0. The van der Waals surface area contributed by atoms with E-state index in [1.807, 2.05) is 0 Å². The van der Waals surface area contributed by atoms with Crippen molar-refractivity contribution in [3.05, 3.63) is 75.7 Å². The molecular weight excluding hydrogens is 447 g/mol. The summed E-state index contributed by atoms with van der Waals surface area (Å²) in [5.74, 6) is 1.75. The molecule has 1 heterocycles. The van der Waals surface area contributed by atoms with Crippen LogP contribution in [0.3, 0.4) is 0 Å². The fourth-order valence-electron chi connectivity index (χ4n) is 4.51. The Morgan fingerprint density at radius 2 is 1.14 bits per heavy atom. The average Bonchev–Trinajstić information content (AvgIpc) is 3.38. The van der Waals surface area contributed by atoms with Crippen LogP contribution in [-0.4, -0.2) is 18.9 Å². The quantitative estimate of drug-likeness (QED) is 0.273. The molecule has 198 valence electrons. The van der Waals surface area contributed by atoms with Crippen LogP contribution in [-0.2, 0) is 4.74 Å². The second-order valence-corrected chi connectivity index (χ2v) is 11.2. The number of benzene rings is 2. The maximum Gasteiger partial charge on any atom is 1.00 e. The Bertz CT molecular complexity index is 971. The van der Waals surface area contributed by atoms with Crippen molar-refractivity contribution in [3.63, 3.8) is 0 Å². The molecule has 1 aliphatic heterocycles. The van der Waals surface area contributed by atoms with Crippen LogP contribution >= 0.6 is 0 Å².